The first kappa shape index (κ1) is 10.1. The van der Waals surface area contributed by atoms with Crippen LogP contribution in [0.5, 0.6) is 0 Å². The van der Waals surface area contributed by atoms with Crippen molar-refractivity contribution in [2.75, 3.05) is 6.61 Å². The van der Waals surface area contributed by atoms with Crippen LogP contribution in [0.1, 0.15) is 0 Å². The van der Waals surface area contributed by atoms with Gasteiger partial charge in [0.25, 0.3) is 0 Å². The zero-order chi connectivity index (χ0) is 9.73. The van der Waals surface area contributed by atoms with E-state index in [1.807, 2.05) is 6.07 Å². The normalized spacial score (nSPS) is 11.5. The summed E-state index contributed by atoms with van der Waals surface area (Å²) in [6.45, 7) is 0.197. The van der Waals surface area contributed by atoms with Crippen LogP contribution < -0.4 is 4.57 Å². The lowest BCUT2D eigenvalue weighted by molar-refractivity contribution is -0.697. The van der Waals surface area contributed by atoms with Crippen molar-refractivity contribution in [2.24, 2.45) is 0 Å². The Labute approximate surface area is 76.5 Å². The monoisotopic (exact) mass is 203 g/mol. The number of nitrogens with zero attached hydrogens (tertiary/aromatic N) is 1. The third kappa shape index (κ3) is 4.56. The molecule has 1 heterocycles. The molecule has 0 spiro atoms. The largest absolute Gasteiger partial charge is 0.726 e. The lowest BCUT2D eigenvalue weighted by Crippen LogP contribution is -2.35. The highest BCUT2D eigenvalue weighted by Gasteiger charge is 2.00. The minimum Gasteiger partial charge on any atom is -0.726 e. The standard InChI is InChI=1S/C7H9NO4S/c9-13(10,11)12-7-6-8-4-2-1-3-5-8/h1-5H,6-7H2. The van der Waals surface area contributed by atoms with E-state index >= 15 is 0 Å². The second kappa shape index (κ2) is 4.31. The molecule has 0 saturated heterocycles. The van der Waals surface area contributed by atoms with Crippen molar-refractivity contribution in [3.8, 4) is 0 Å². The van der Waals surface area contributed by atoms with Crippen LogP contribution in [0.2, 0.25) is 0 Å². The van der Waals surface area contributed by atoms with Crippen LogP contribution in [0.15, 0.2) is 30.6 Å². The Hall–Kier alpha value is -0.980. The lowest BCUT2D eigenvalue weighted by Gasteiger charge is -2.04. The maximum Gasteiger partial charge on any atom is 0.217 e. The van der Waals surface area contributed by atoms with E-state index in [0.717, 1.165) is 0 Å². The van der Waals surface area contributed by atoms with Crippen molar-refractivity contribution in [1.82, 2.24) is 0 Å². The third-order valence-corrected chi connectivity index (χ3v) is 1.81. The average Bonchev–Trinajstić information content (AvgIpc) is 2.04. The lowest BCUT2D eigenvalue weighted by atomic mass is 10.5. The molecule has 5 nitrogen and oxygen atoms in total. The second-order valence-corrected chi connectivity index (χ2v) is 3.40. The quantitative estimate of drug-likeness (QED) is 0.374. The van der Waals surface area contributed by atoms with Gasteiger partial charge < -0.3 is 4.55 Å². The molecular weight excluding hydrogens is 194 g/mol. The molecule has 0 aliphatic rings. The van der Waals surface area contributed by atoms with Crippen LogP contribution in [0.25, 0.3) is 0 Å². The molecule has 0 atom stereocenters. The third-order valence-electron chi connectivity index (χ3n) is 1.35. The molecule has 0 amide bonds. The maximum atomic E-state index is 10.0. The number of pyridine rings is 1. The van der Waals surface area contributed by atoms with Gasteiger partial charge in [-0.2, -0.15) is 0 Å². The predicted molar refractivity (Wildman–Crippen MR) is 42.3 cm³/mol. The van der Waals surface area contributed by atoms with Gasteiger partial charge in [-0.05, 0) is 0 Å². The molecule has 0 aromatic carbocycles. The number of rotatable bonds is 4. The molecule has 0 aliphatic heterocycles. The van der Waals surface area contributed by atoms with Gasteiger partial charge in [-0.1, -0.05) is 6.07 Å². The van der Waals surface area contributed by atoms with E-state index < -0.39 is 10.4 Å². The van der Waals surface area contributed by atoms with Gasteiger partial charge in [-0.3, -0.25) is 4.18 Å². The molecule has 1 rings (SSSR count). The Morgan fingerprint density at radius 1 is 1.23 bits per heavy atom. The highest BCUT2D eigenvalue weighted by atomic mass is 32.3. The fraction of sp³-hybridized carbons (Fsp3) is 0.286. The minimum atomic E-state index is -4.56. The number of hydrogen-bond acceptors (Lipinski definition) is 4. The Morgan fingerprint density at radius 3 is 2.38 bits per heavy atom. The zero-order valence-corrected chi connectivity index (χ0v) is 7.61. The van der Waals surface area contributed by atoms with E-state index in [1.165, 1.54) is 0 Å². The van der Waals surface area contributed by atoms with E-state index in [0.29, 0.717) is 6.54 Å². The van der Waals surface area contributed by atoms with Crippen molar-refractivity contribution in [2.45, 2.75) is 6.54 Å². The smallest absolute Gasteiger partial charge is 0.217 e. The van der Waals surface area contributed by atoms with Gasteiger partial charge in [0.1, 0.15) is 6.61 Å². The Morgan fingerprint density at radius 2 is 1.85 bits per heavy atom. The fourth-order valence-electron chi connectivity index (χ4n) is 0.828. The van der Waals surface area contributed by atoms with E-state index in [-0.39, 0.29) is 6.61 Å². The minimum absolute atomic E-state index is 0.138. The van der Waals surface area contributed by atoms with Gasteiger partial charge in [0, 0.05) is 12.1 Å². The topological polar surface area (TPSA) is 70.3 Å². The molecule has 0 radical (unpaired) electrons. The SMILES string of the molecule is O=S(=O)([O-])OCC[n+]1ccccc1. The van der Waals surface area contributed by atoms with E-state index in [9.17, 15) is 13.0 Å². The highest BCUT2D eigenvalue weighted by molar-refractivity contribution is 7.80. The number of aromatic nitrogens is 1. The van der Waals surface area contributed by atoms with E-state index in [2.05, 4.69) is 4.18 Å². The van der Waals surface area contributed by atoms with Crippen LogP contribution in [-0.2, 0) is 21.1 Å². The van der Waals surface area contributed by atoms with Crippen LogP contribution >= 0.6 is 0 Å². The van der Waals surface area contributed by atoms with Crippen molar-refractivity contribution in [3.05, 3.63) is 30.6 Å². The summed E-state index contributed by atoms with van der Waals surface area (Å²) in [7, 11) is -4.56. The average molecular weight is 203 g/mol. The molecule has 0 unspecified atom stereocenters. The Balaban J connectivity index is 2.37. The molecule has 0 fully saturated rings. The molecule has 0 bridgehead atoms. The molecular formula is C7H9NO4S. The molecule has 0 N–H and O–H groups in total. The van der Waals surface area contributed by atoms with Crippen LogP contribution in [0.4, 0.5) is 0 Å². The van der Waals surface area contributed by atoms with Gasteiger partial charge in [0.2, 0.25) is 10.4 Å². The summed E-state index contributed by atoms with van der Waals surface area (Å²) < 4.78 is 35.8. The summed E-state index contributed by atoms with van der Waals surface area (Å²) in [4.78, 5) is 0. The summed E-state index contributed by atoms with van der Waals surface area (Å²) in [5.74, 6) is 0. The summed E-state index contributed by atoms with van der Waals surface area (Å²) in [5.41, 5.74) is 0. The van der Waals surface area contributed by atoms with E-state index in [4.69, 9.17) is 0 Å². The molecule has 6 heteroatoms. The Kier molecular flexibility index (Phi) is 3.35. The molecule has 72 valence electrons. The molecule has 1 aromatic heterocycles. The van der Waals surface area contributed by atoms with E-state index in [1.54, 1.807) is 29.1 Å². The first-order valence-electron chi connectivity index (χ1n) is 3.62. The molecule has 0 aliphatic carbocycles. The molecule has 13 heavy (non-hydrogen) atoms. The van der Waals surface area contributed by atoms with Crippen molar-refractivity contribution < 1.29 is 21.7 Å². The van der Waals surface area contributed by atoms with Crippen LogP contribution in [0.3, 0.4) is 0 Å². The summed E-state index contributed by atoms with van der Waals surface area (Å²) in [6.07, 6.45) is 3.50. The van der Waals surface area contributed by atoms with Gasteiger partial charge in [-0.25, -0.2) is 13.0 Å². The van der Waals surface area contributed by atoms with Crippen molar-refractivity contribution >= 4 is 10.4 Å². The van der Waals surface area contributed by atoms with Gasteiger partial charge in [0.05, 0.1) is 0 Å². The zero-order valence-electron chi connectivity index (χ0n) is 6.79. The fourth-order valence-corrected chi connectivity index (χ4v) is 1.11. The summed E-state index contributed by atoms with van der Waals surface area (Å²) >= 11 is 0. The maximum absolute atomic E-state index is 10.0. The Bertz CT molecular complexity index is 348. The van der Waals surface area contributed by atoms with Crippen LogP contribution in [-0.4, -0.2) is 19.6 Å². The first-order valence-corrected chi connectivity index (χ1v) is 4.95. The highest BCUT2D eigenvalue weighted by Crippen LogP contribution is 1.84. The van der Waals surface area contributed by atoms with Gasteiger partial charge >= 0.3 is 0 Å². The molecule has 1 aromatic rings. The summed E-state index contributed by atoms with van der Waals surface area (Å²) in [5, 5.41) is 0. The van der Waals surface area contributed by atoms with Crippen LogP contribution in [0, 0.1) is 0 Å². The van der Waals surface area contributed by atoms with Crippen molar-refractivity contribution in [3.63, 3.8) is 0 Å². The summed E-state index contributed by atoms with van der Waals surface area (Å²) in [6, 6.07) is 5.43. The van der Waals surface area contributed by atoms with Gasteiger partial charge in [-0.15, -0.1) is 0 Å². The first-order chi connectivity index (χ1) is 6.08. The van der Waals surface area contributed by atoms with Gasteiger partial charge in [0.15, 0.2) is 18.9 Å². The molecule has 0 saturated carbocycles. The second-order valence-electron chi connectivity index (χ2n) is 2.34. The number of hydrogen-bond donors (Lipinski definition) is 0. The predicted octanol–water partition coefficient (Wildman–Crippen LogP) is -0.549. The van der Waals surface area contributed by atoms with Crippen molar-refractivity contribution in [1.29, 1.82) is 0 Å².